The fourth-order valence-corrected chi connectivity index (χ4v) is 4.77. The second-order valence-electron chi connectivity index (χ2n) is 8.05. The van der Waals surface area contributed by atoms with E-state index in [1.54, 1.807) is 0 Å². The lowest BCUT2D eigenvalue weighted by Crippen LogP contribution is -2.47. The van der Waals surface area contributed by atoms with Gasteiger partial charge in [-0.3, -0.25) is 4.99 Å². The van der Waals surface area contributed by atoms with Crippen molar-refractivity contribution in [2.24, 2.45) is 4.99 Å². The first kappa shape index (κ1) is 18.6. The molecule has 0 spiro atoms. The van der Waals surface area contributed by atoms with Gasteiger partial charge in [0.2, 0.25) is 0 Å². The van der Waals surface area contributed by atoms with Gasteiger partial charge in [0, 0.05) is 23.0 Å². The maximum absolute atomic E-state index is 10.5. The fraction of sp³-hybridized carbons (Fsp3) is 0.333. The molecule has 0 bridgehead atoms. The predicted octanol–water partition coefficient (Wildman–Crippen LogP) is 3.41. The van der Waals surface area contributed by atoms with Crippen molar-refractivity contribution in [2.75, 3.05) is 6.67 Å². The van der Waals surface area contributed by atoms with Crippen LogP contribution in [0.25, 0.3) is 17.0 Å². The molecule has 1 aliphatic carbocycles. The first-order valence-corrected chi connectivity index (χ1v) is 10.7. The molecule has 4 nitrogen and oxygen atoms in total. The highest BCUT2D eigenvalue weighted by atomic mass is 35.5. The summed E-state index contributed by atoms with van der Waals surface area (Å²) in [5.41, 5.74) is 2.38. The maximum atomic E-state index is 10.5. The Hall–Kier alpha value is -2.43. The number of nitrogens with zero attached hydrogens (tertiary/aromatic N) is 3. The molecule has 1 aliphatic heterocycles. The predicted molar refractivity (Wildman–Crippen MR) is 116 cm³/mol. The summed E-state index contributed by atoms with van der Waals surface area (Å²) in [5.74, 6) is 0. The third kappa shape index (κ3) is 3.63. The summed E-state index contributed by atoms with van der Waals surface area (Å²) in [6, 6.07) is 14.8. The van der Waals surface area contributed by atoms with E-state index in [0.29, 0.717) is 11.8 Å². The van der Waals surface area contributed by atoms with Gasteiger partial charge in [-0.15, -0.1) is 0 Å². The Morgan fingerprint density at radius 2 is 1.90 bits per heavy atom. The monoisotopic (exact) mass is 405 g/mol. The summed E-state index contributed by atoms with van der Waals surface area (Å²) < 4.78 is 0. The van der Waals surface area contributed by atoms with E-state index in [9.17, 15) is 5.11 Å². The number of aromatic nitrogens is 1. The van der Waals surface area contributed by atoms with Gasteiger partial charge in [0.1, 0.15) is 11.8 Å². The number of hydrogen-bond donors (Lipinski definition) is 1. The molecule has 1 aromatic heterocycles. The number of aliphatic hydroxyl groups is 1. The van der Waals surface area contributed by atoms with E-state index < -0.39 is 0 Å². The number of benzene rings is 2. The van der Waals surface area contributed by atoms with Gasteiger partial charge in [-0.1, -0.05) is 54.8 Å². The highest BCUT2D eigenvalue weighted by molar-refractivity contribution is 6.29. The van der Waals surface area contributed by atoms with Gasteiger partial charge < -0.3 is 10.0 Å². The van der Waals surface area contributed by atoms with Crippen molar-refractivity contribution >= 4 is 28.6 Å². The van der Waals surface area contributed by atoms with Crippen LogP contribution in [0.2, 0.25) is 5.15 Å². The van der Waals surface area contributed by atoms with Crippen molar-refractivity contribution in [1.82, 2.24) is 9.88 Å². The lowest BCUT2D eigenvalue weighted by Gasteiger charge is -2.37. The molecule has 0 amide bonds. The lowest BCUT2D eigenvalue weighted by atomic mass is 9.91. The van der Waals surface area contributed by atoms with Crippen molar-refractivity contribution in [3.63, 3.8) is 0 Å². The third-order valence-electron chi connectivity index (χ3n) is 6.13. The van der Waals surface area contributed by atoms with Crippen molar-refractivity contribution in [1.29, 1.82) is 0 Å². The van der Waals surface area contributed by atoms with E-state index in [-0.39, 0.29) is 12.1 Å². The van der Waals surface area contributed by atoms with Gasteiger partial charge in [0.15, 0.2) is 0 Å². The largest absolute Gasteiger partial charge is 0.391 e. The molecule has 0 saturated heterocycles. The molecule has 148 valence electrons. The number of aliphatic hydroxyl groups excluding tert-OH is 1. The molecular weight excluding hydrogens is 382 g/mol. The smallest absolute Gasteiger partial charge is 0.129 e. The summed E-state index contributed by atoms with van der Waals surface area (Å²) in [4.78, 5) is 11.4. The normalized spacial score (nSPS) is 21.4. The number of hydrogen-bond acceptors (Lipinski definition) is 4. The topological polar surface area (TPSA) is 48.7 Å². The van der Waals surface area contributed by atoms with Gasteiger partial charge in [-0.25, -0.2) is 4.98 Å². The van der Waals surface area contributed by atoms with E-state index in [4.69, 9.17) is 16.6 Å². The van der Waals surface area contributed by atoms with Gasteiger partial charge in [0.25, 0.3) is 0 Å². The average molecular weight is 406 g/mol. The first-order valence-electron chi connectivity index (χ1n) is 10.3. The summed E-state index contributed by atoms with van der Waals surface area (Å²) in [7, 11) is 0. The van der Waals surface area contributed by atoms with E-state index in [2.05, 4.69) is 46.4 Å². The highest BCUT2D eigenvalue weighted by Gasteiger charge is 2.27. The average Bonchev–Trinajstić information content (AvgIpc) is 2.75. The Kier molecular flexibility index (Phi) is 4.98. The van der Waals surface area contributed by atoms with Crippen molar-refractivity contribution in [3.05, 3.63) is 75.5 Å². The molecule has 1 saturated carbocycles. The van der Waals surface area contributed by atoms with Crippen LogP contribution >= 0.6 is 11.6 Å². The molecule has 5 rings (SSSR count). The molecule has 0 radical (unpaired) electrons. The van der Waals surface area contributed by atoms with Crippen LogP contribution in [0.4, 0.5) is 0 Å². The van der Waals surface area contributed by atoms with Crippen LogP contribution in [0.3, 0.4) is 0 Å². The van der Waals surface area contributed by atoms with Crippen LogP contribution in [-0.2, 0) is 6.42 Å². The van der Waals surface area contributed by atoms with Crippen LogP contribution in [-0.4, -0.2) is 33.8 Å². The van der Waals surface area contributed by atoms with Crippen molar-refractivity contribution in [2.45, 2.75) is 44.2 Å². The molecule has 1 N–H and O–H groups in total. The fourth-order valence-electron chi connectivity index (χ4n) is 4.66. The van der Waals surface area contributed by atoms with Gasteiger partial charge >= 0.3 is 0 Å². The molecule has 2 aliphatic rings. The molecular formula is C24H24ClN3O. The molecule has 29 heavy (non-hydrogen) atoms. The van der Waals surface area contributed by atoms with Crippen LogP contribution in [0, 0.1) is 0 Å². The molecule has 2 atom stereocenters. The standard InChI is InChI=1S/C24H24ClN3O/c25-23-10-9-16(13-26-23)11-17-12-18-14-28(21-7-3-4-8-22(21)29)15-27-24(18)20-6-2-1-5-19(17)20/h1-2,5-6,9-10,12-14,21-22,29H,3-4,7-8,11,15H2/t21-,22-/m1/s1. The third-order valence-corrected chi connectivity index (χ3v) is 6.36. The van der Waals surface area contributed by atoms with E-state index >= 15 is 0 Å². The Bertz CT molecular complexity index is 1160. The lowest BCUT2D eigenvalue weighted by molar-refractivity contribution is 0.0489. The summed E-state index contributed by atoms with van der Waals surface area (Å²) in [5, 5.41) is 15.6. The Morgan fingerprint density at radius 3 is 2.69 bits per heavy atom. The quantitative estimate of drug-likeness (QED) is 0.679. The minimum atomic E-state index is -0.267. The molecule has 2 aromatic carbocycles. The molecule has 1 fully saturated rings. The SMILES string of the molecule is O[C@@H]1CCCC[C@H]1N1C=c2cc(Cc3ccc(Cl)nc3)c3ccccc3c2=NC1. The van der Waals surface area contributed by atoms with Crippen LogP contribution in [0.5, 0.6) is 0 Å². The Labute approximate surface area is 175 Å². The first-order chi connectivity index (χ1) is 14.2. The summed E-state index contributed by atoms with van der Waals surface area (Å²) in [6.45, 7) is 0.610. The van der Waals surface area contributed by atoms with Gasteiger partial charge in [0.05, 0.1) is 17.5 Å². The number of pyridine rings is 1. The zero-order valence-electron chi connectivity index (χ0n) is 16.3. The second kappa shape index (κ2) is 7.77. The van der Waals surface area contributed by atoms with E-state index in [0.717, 1.165) is 41.8 Å². The Morgan fingerprint density at radius 1 is 1.07 bits per heavy atom. The zero-order chi connectivity index (χ0) is 19.8. The molecule has 2 heterocycles. The highest BCUT2D eigenvalue weighted by Crippen LogP contribution is 2.24. The van der Waals surface area contributed by atoms with Gasteiger partial charge in [-0.2, -0.15) is 0 Å². The van der Waals surface area contributed by atoms with Crippen LogP contribution in [0.15, 0.2) is 53.7 Å². The van der Waals surface area contributed by atoms with E-state index in [1.165, 1.54) is 22.8 Å². The molecule has 3 aromatic rings. The number of rotatable bonds is 3. The van der Waals surface area contributed by atoms with Gasteiger partial charge in [-0.05, 0) is 47.9 Å². The minimum absolute atomic E-state index is 0.163. The maximum Gasteiger partial charge on any atom is 0.129 e. The summed E-state index contributed by atoms with van der Waals surface area (Å²) in [6.07, 6.45) is 8.77. The minimum Gasteiger partial charge on any atom is -0.391 e. The van der Waals surface area contributed by atoms with E-state index in [1.807, 2.05) is 18.3 Å². The Balaban J connectivity index is 1.60. The van der Waals surface area contributed by atoms with Crippen LogP contribution in [0.1, 0.15) is 36.8 Å². The summed E-state index contributed by atoms with van der Waals surface area (Å²) >= 11 is 5.95. The molecule has 5 heteroatoms. The number of halogens is 1. The van der Waals surface area contributed by atoms with Crippen molar-refractivity contribution < 1.29 is 5.11 Å². The van der Waals surface area contributed by atoms with Crippen LogP contribution < -0.4 is 10.6 Å². The molecule has 0 unspecified atom stereocenters. The second-order valence-corrected chi connectivity index (χ2v) is 8.43. The van der Waals surface area contributed by atoms with Crippen molar-refractivity contribution in [3.8, 4) is 0 Å². The zero-order valence-corrected chi connectivity index (χ0v) is 17.0. The number of fused-ring (bicyclic) bond motifs is 3.